The highest BCUT2D eigenvalue weighted by molar-refractivity contribution is 7.80. The standard InChI is InChI=1S/C13H8F3N3.C3H6O2S/c14-13(15,16)10-2-1-9-3-6-19(11(9)7-10)12-8-17-4-5-18-12;1-3(4)5-2-6/h1-8H;6H,2H2,1H3. The van der Waals surface area contributed by atoms with Crippen molar-refractivity contribution >= 4 is 29.5 Å². The Kier molecular flexibility index (Phi) is 6.02. The number of aromatic nitrogens is 3. The lowest BCUT2D eigenvalue weighted by Crippen LogP contribution is -2.05. The number of rotatable bonds is 2. The van der Waals surface area contributed by atoms with Crippen LogP contribution in [-0.2, 0) is 15.7 Å². The van der Waals surface area contributed by atoms with Gasteiger partial charge < -0.3 is 4.74 Å². The molecule has 3 aromatic rings. The number of carbonyl (C=O) groups is 1. The monoisotopic (exact) mass is 369 g/mol. The lowest BCUT2D eigenvalue weighted by atomic mass is 10.1. The Bertz CT molecular complexity index is 851. The van der Waals surface area contributed by atoms with Crippen LogP contribution in [0, 0.1) is 0 Å². The quantitative estimate of drug-likeness (QED) is 0.423. The lowest BCUT2D eigenvalue weighted by Gasteiger charge is -2.08. The molecule has 0 amide bonds. The highest BCUT2D eigenvalue weighted by Crippen LogP contribution is 2.32. The number of fused-ring (bicyclic) bond motifs is 1. The van der Waals surface area contributed by atoms with Crippen molar-refractivity contribution in [2.75, 3.05) is 5.94 Å². The van der Waals surface area contributed by atoms with Crippen LogP contribution in [0.5, 0.6) is 0 Å². The molecule has 3 rings (SSSR count). The smallest absolute Gasteiger partial charge is 0.416 e. The summed E-state index contributed by atoms with van der Waals surface area (Å²) in [6.07, 6.45) is 1.82. The average molecular weight is 369 g/mol. The molecule has 0 aliphatic carbocycles. The van der Waals surface area contributed by atoms with Gasteiger partial charge in [-0.2, -0.15) is 13.2 Å². The minimum atomic E-state index is -4.36. The number of halogens is 3. The van der Waals surface area contributed by atoms with Gasteiger partial charge in [0.1, 0.15) is 5.94 Å². The van der Waals surface area contributed by atoms with E-state index in [0.29, 0.717) is 11.3 Å². The summed E-state index contributed by atoms with van der Waals surface area (Å²) in [5.41, 5.74) is -0.223. The molecule has 0 atom stereocenters. The molecule has 0 fully saturated rings. The molecule has 0 aliphatic heterocycles. The van der Waals surface area contributed by atoms with Crippen molar-refractivity contribution in [3.05, 3.63) is 54.6 Å². The minimum absolute atomic E-state index is 0.176. The summed E-state index contributed by atoms with van der Waals surface area (Å²) in [4.78, 5) is 17.8. The fourth-order valence-corrected chi connectivity index (χ4v) is 2.19. The summed E-state index contributed by atoms with van der Waals surface area (Å²) in [6, 6.07) is 5.38. The maximum Gasteiger partial charge on any atom is 0.416 e. The Morgan fingerprint density at radius 1 is 1.28 bits per heavy atom. The molecule has 0 aliphatic rings. The fraction of sp³-hybridized carbons (Fsp3) is 0.188. The van der Waals surface area contributed by atoms with E-state index in [1.807, 2.05) is 0 Å². The van der Waals surface area contributed by atoms with Crippen molar-refractivity contribution in [1.29, 1.82) is 0 Å². The van der Waals surface area contributed by atoms with E-state index in [1.165, 1.54) is 31.6 Å². The molecule has 9 heteroatoms. The predicted molar refractivity (Wildman–Crippen MR) is 89.5 cm³/mol. The topological polar surface area (TPSA) is 57.0 Å². The third-order valence-electron chi connectivity index (χ3n) is 3.08. The Morgan fingerprint density at radius 2 is 2.04 bits per heavy atom. The van der Waals surface area contributed by atoms with Crippen molar-refractivity contribution in [3.63, 3.8) is 0 Å². The molecule has 5 nitrogen and oxygen atoms in total. The van der Waals surface area contributed by atoms with Crippen molar-refractivity contribution in [3.8, 4) is 5.82 Å². The molecule has 0 unspecified atom stereocenters. The molecular weight excluding hydrogens is 355 g/mol. The zero-order valence-electron chi connectivity index (χ0n) is 13.1. The molecule has 132 valence electrons. The summed E-state index contributed by atoms with van der Waals surface area (Å²) in [5.74, 6) is 0.372. The molecule has 0 N–H and O–H groups in total. The van der Waals surface area contributed by atoms with Crippen LogP contribution in [0.4, 0.5) is 13.2 Å². The van der Waals surface area contributed by atoms with E-state index in [-0.39, 0.29) is 11.9 Å². The summed E-state index contributed by atoms with van der Waals surface area (Å²) < 4.78 is 44.0. The second-order valence-electron chi connectivity index (χ2n) is 4.79. The Morgan fingerprint density at radius 3 is 2.56 bits per heavy atom. The lowest BCUT2D eigenvalue weighted by molar-refractivity contribution is -0.139. The van der Waals surface area contributed by atoms with Crippen LogP contribution in [0.15, 0.2) is 49.1 Å². The third-order valence-corrected chi connectivity index (χ3v) is 3.21. The molecule has 1 aromatic carbocycles. The van der Waals surface area contributed by atoms with Crippen LogP contribution in [-0.4, -0.2) is 26.4 Å². The van der Waals surface area contributed by atoms with E-state index < -0.39 is 11.7 Å². The molecule has 0 bridgehead atoms. The van der Waals surface area contributed by atoms with E-state index >= 15 is 0 Å². The van der Waals surface area contributed by atoms with Gasteiger partial charge in [-0.25, -0.2) is 4.98 Å². The number of carbonyl (C=O) groups excluding carboxylic acids is 1. The number of benzene rings is 1. The first-order valence-electron chi connectivity index (χ1n) is 7.02. The predicted octanol–water partition coefficient (Wildman–Crippen LogP) is 3.88. The fourth-order valence-electron chi connectivity index (χ4n) is 2.01. The van der Waals surface area contributed by atoms with Crippen LogP contribution >= 0.6 is 12.6 Å². The zero-order chi connectivity index (χ0) is 18.4. The Balaban J connectivity index is 0.000000326. The molecule has 2 aromatic heterocycles. The van der Waals surface area contributed by atoms with Gasteiger partial charge in [0, 0.05) is 30.9 Å². The van der Waals surface area contributed by atoms with Gasteiger partial charge in [0.25, 0.3) is 0 Å². The van der Waals surface area contributed by atoms with Gasteiger partial charge in [-0.15, -0.1) is 12.6 Å². The number of hydrogen-bond acceptors (Lipinski definition) is 5. The Hall–Kier alpha value is -2.55. The maximum atomic E-state index is 12.7. The number of nitrogens with zero attached hydrogens (tertiary/aromatic N) is 3. The van der Waals surface area contributed by atoms with Crippen molar-refractivity contribution in [2.24, 2.45) is 0 Å². The first-order valence-corrected chi connectivity index (χ1v) is 7.65. The highest BCUT2D eigenvalue weighted by Gasteiger charge is 2.30. The summed E-state index contributed by atoms with van der Waals surface area (Å²) >= 11 is 3.62. The van der Waals surface area contributed by atoms with E-state index in [9.17, 15) is 18.0 Å². The van der Waals surface area contributed by atoms with Crippen molar-refractivity contribution < 1.29 is 22.7 Å². The molecule has 0 saturated carbocycles. The molecule has 0 spiro atoms. The molecular formula is C16H14F3N3O2S. The normalized spacial score (nSPS) is 10.9. The summed E-state index contributed by atoms with van der Waals surface area (Å²) in [5, 5.41) is 0.721. The number of alkyl halides is 3. The molecule has 2 heterocycles. The van der Waals surface area contributed by atoms with Gasteiger partial charge in [0.05, 0.1) is 17.3 Å². The average Bonchev–Trinajstić information content (AvgIpc) is 2.98. The van der Waals surface area contributed by atoms with E-state index in [2.05, 4.69) is 27.3 Å². The van der Waals surface area contributed by atoms with Gasteiger partial charge in [-0.1, -0.05) is 6.07 Å². The van der Waals surface area contributed by atoms with Gasteiger partial charge in [-0.3, -0.25) is 14.3 Å². The molecule has 0 radical (unpaired) electrons. The van der Waals surface area contributed by atoms with E-state index in [0.717, 1.165) is 17.5 Å². The van der Waals surface area contributed by atoms with Gasteiger partial charge in [0.2, 0.25) is 0 Å². The minimum Gasteiger partial charge on any atom is -0.455 e. The summed E-state index contributed by atoms with van der Waals surface area (Å²) in [7, 11) is 0. The van der Waals surface area contributed by atoms with Crippen molar-refractivity contribution in [1.82, 2.24) is 14.5 Å². The van der Waals surface area contributed by atoms with Crippen LogP contribution in [0.2, 0.25) is 0 Å². The maximum absolute atomic E-state index is 12.7. The van der Waals surface area contributed by atoms with Crippen LogP contribution < -0.4 is 0 Å². The first-order chi connectivity index (χ1) is 11.8. The molecule has 25 heavy (non-hydrogen) atoms. The summed E-state index contributed by atoms with van der Waals surface area (Å²) in [6.45, 7) is 1.34. The molecule has 0 saturated heterocycles. The van der Waals surface area contributed by atoms with Crippen molar-refractivity contribution in [2.45, 2.75) is 13.1 Å². The van der Waals surface area contributed by atoms with Gasteiger partial charge >= 0.3 is 12.1 Å². The largest absolute Gasteiger partial charge is 0.455 e. The van der Waals surface area contributed by atoms with Gasteiger partial charge in [-0.05, 0) is 18.2 Å². The highest BCUT2D eigenvalue weighted by atomic mass is 32.1. The second kappa shape index (κ2) is 8.02. The number of thiol groups is 1. The number of esters is 1. The third kappa shape index (κ3) is 4.96. The zero-order valence-corrected chi connectivity index (χ0v) is 14.0. The second-order valence-corrected chi connectivity index (χ2v) is 5.04. The first kappa shape index (κ1) is 18.8. The SMILES string of the molecule is CC(=O)OCS.FC(F)(F)c1ccc2ccn(-c3cnccn3)c2c1. The Labute approximate surface area is 146 Å². The van der Waals surface area contributed by atoms with Crippen LogP contribution in [0.3, 0.4) is 0 Å². The van der Waals surface area contributed by atoms with E-state index in [1.54, 1.807) is 16.8 Å². The van der Waals surface area contributed by atoms with Gasteiger partial charge in [0.15, 0.2) is 5.82 Å². The van der Waals surface area contributed by atoms with Crippen LogP contribution in [0.25, 0.3) is 16.7 Å². The van der Waals surface area contributed by atoms with Crippen LogP contribution in [0.1, 0.15) is 12.5 Å². The van der Waals surface area contributed by atoms with E-state index in [4.69, 9.17) is 0 Å². The number of hydrogen-bond donors (Lipinski definition) is 1. The number of ether oxygens (including phenoxy) is 1.